The topological polar surface area (TPSA) is 26.3 Å². The lowest BCUT2D eigenvalue weighted by Gasteiger charge is -2.22. The molecule has 0 aromatic heterocycles. The molecule has 17 heavy (non-hydrogen) atoms. The molecule has 0 fully saturated rings. The number of ether oxygens (including phenoxy) is 1. The molecule has 1 rings (SSSR count). The maximum atomic E-state index is 12.3. The molecule has 0 aliphatic heterocycles. The molecule has 0 heterocycles. The molecule has 0 amide bonds. The summed E-state index contributed by atoms with van der Waals surface area (Å²) in [6.45, 7) is 7.56. The lowest BCUT2D eigenvalue weighted by atomic mass is 9.86. The highest BCUT2D eigenvalue weighted by Crippen LogP contribution is 2.29. The number of ketones is 1. The number of para-hydroxylation sites is 1. The van der Waals surface area contributed by atoms with Crippen LogP contribution in [-0.4, -0.2) is 17.8 Å². The van der Waals surface area contributed by atoms with Crippen molar-refractivity contribution in [3.63, 3.8) is 0 Å². The van der Waals surface area contributed by atoms with Gasteiger partial charge in [0, 0.05) is 11.3 Å². The Hall–Kier alpha value is -1.02. The molecular formula is C14H19ClO2. The molecule has 0 spiro atoms. The molecule has 3 heteroatoms. The lowest BCUT2D eigenvalue weighted by molar-refractivity contribution is 0.0856. The van der Waals surface area contributed by atoms with Crippen LogP contribution in [0.1, 0.15) is 38.1 Å². The number of rotatable bonds is 5. The lowest BCUT2D eigenvalue weighted by Crippen LogP contribution is -2.27. The van der Waals surface area contributed by atoms with Crippen LogP contribution in [0.5, 0.6) is 5.75 Å². The second-order valence-electron chi connectivity index (χ2n) is 5.01. The van der Waals surface area contributed by atoms with Crippen LogP contribution in [0, 0.1) is 5.41 Å². The first kappa shape index (κ1) is 14.0. The van der Waals surface area contributed by atoms with Crippen LogP contribution in [0.4, 0.5) is 0 Å². The molecule has 0 bridgehead atoms. The van der Waals surface area contributed by atoms with Crippen molar-refractivity contribution in [1.82, 2.24) is 0 Å². The summed E-state index contributed by atoms with van der Waals surface area (Å²) in [7, 11) is 0. The van der Waals surface area contributed by atoms with Crippen LogP contribution < -0.4 is 4.74 Å². The quantitative estimate of drug-likeness (QED) is 0.588. The predicted molar refractivity (Wildman–Crippen MR) is 71.0 cm³/mol. The molecule has 1 aromatic rings. The van der Waals surface area contributed by atoms with E-state index in [-0.39, 0.29) is 11.9 Å². The Kier molecular flexibility index (Phi) is 4.58. The van der Waals surface area contributed by atoms with Gasteiger partial charge in [-0.25, -0.2) is 0 Å². The van der Waals surface area contributed by atoms with Gasteiger partial charge >= 0.3 is 0 Å². The second kappa shape index (κ2) is 5.54. The Morgan fingerprint density at radius 3 is 2.47 bits per heavy atom. The van der Waals surface area contributed by atoms with Gasteiger partial charge in [-0.1, -0.05) is 26.0 Å². The van der Waals surface area contributed by atoms with E-state index in [1.807, 2.05) is 45.9 Å². The summed E-state index contributed by atoms with van der Waals surface area (Å²) in [5.74, 6) is 0.941. The molecule has 0 N–H and O–H groups in total. The van der Waals surface area contributed by atoms with Gasteiger partial charge in [-0.3, -0.25) is 4.79 Å². The number of hydrogen-bond acceptors (Lipinski definition) is 2. The summed E-state index contributed by atoms with van der Waals surface area (Å²) in [4.78, 5) is 12.3. The van der Waals surface area contributed by atoms with Gasteiger partial charge in [0.15, 0.2) is 5.78 Å². The van der Waals surface area contributed by atoms with E-state index < -0.39 is 5.41 Å². The minimum absolute atomic E-state index is 0.0174. The standard InChI is InChI=1S/C14H19ClO2/c1-10(2)17-12-8-6-5-7-11(12)13(16)14(3,4)9-15/h5-8,10H,9H2,1-4H3. The number of Topliss-reactive ketones (excluding diaryl/α,β-unsaturated/α-hetero) is 1. The van der Waals surface area contributed by atoms with Crippen molar-refractivity contribution < 1.29 is 9.53 Å². The van der Waals surface area contributed by atoms with Gasteiger partial charge in [0.1, 0.15) is 5.75 Å². The monoisotopic (exact) mass is 254 g/mol. The van der Waals surface area contributed by atoms with E-state index in [0.717, 1.165) is 0 Å². The van der Waals surface area contributed by atoms with E-state index in [4.69, 9.17) is 16.3 Å². The molecule has 1 aromatic carbocycles. The average molecular weight is 255 g/mol. The first-order valence-corrected chi connectivity index (χ1v) is 6.28. The SMILES string of the molecule is CC(C)Oc1ccccc1C(=O)C(C)(C)CCl. The Labute approximate surface area is 108 Å². The van der Waals surface area contributed by atoms with E-state index >= 15 is 0 Å². The molecule has 0 saturated heterocycles. The Bertz CT molecular complexity index is 397. The van der Waals surface area contributed by atoms with Crippen LogP contribution in [0.25, 0.3) is 0 Å². The third-order valence-electron chi connectivity index (χ3n) is 2.44. The average Bonchev–Trinajstić information content (AvgIpc) is 2.28. The highest BCUT2D eigenvalue weighted by atomic mass is 35.5. The smallest absolute Gasteiger partial charge is 0.173 e. The van der Waals surface area contributed by atoms with Gasteiger partial charge in [-0.2, -0.15) is 0 Å². The number of hydrogen-bond donors (Lipinski definition) is 0. The predicted octanol–water partition coefficient (Wildman–Crippen LogP) is 3.92. The molecule has 94 valence electrons. The van der Waals surface area contributed by atoms with Crippen molar-refractivity contribution in [3.8, 4) is 5.75 Å². The summed E-state index contributed by atoms with van der Waals surface area (Å²) in [5.41, 5.74) is 0.0321. The number of halogens is 1. The number of carbonyl (C=O) groups is 1. The molecular weight excluding hydrogens is 236 g/mol. The largest absolute Gasteiger partial charge is 0.490 e. The molecule has 0 aliphatic carbocycles. The molecule has 0 atom stereocenters. The van der Waals surface area contributed by atoms with E-state index in [1.165, 1.54) is 0 Å². The third kappa shape index (κ3) is 3.47. The maximum Gasteiger partial charge on any atom is 0.173 e. The summed E-state index contributed by atoms with van der Waals surface area (Å²) >= 11 is 5.83. The normalized spacial score (nSPS) is 11.6. The zero-order chi connectivity index (χ0) is 13.1. The van der Waals surface area contributed by atoms with E-state index in [9.17, 15) is 4.79 Å². The summed E-state index contributed by atoms with van der Waals surface area (Å²) in [6.07, 6.45) is 0.0445. The van der Waals surface area contributed by atoms with E-state index in [1.54, 1.807) is 6.07 Å². The van der Waals surface area contributed by atoms with Crippen molar-refractivity contribution in [3.05, 3.63) is 29.8 Å². The van der Waals surface area contributed by atoms with Gasteiger partial charge in [0.25, 0.3) is 0 Å². The van der Waals surface area contributed by atoms with Crippen LogP contribution in [0.3, 0.4) is 0 Å². The Morgan fingerprint density at radius 1 is 1.35 bits per heavy atom. The fourth-order valence-corrected chi connectivity index (χ4v) is 1.56. The molecule has 0 saturated carbocycles. The molecule has 2 nitrogen and oxygen atoms in total. The Balaban J connectivity index is 3.09. The van der Waals surface area contributed by atoms with Gasteiger partial charge in [-0.05, 0) is 26.0 Å². The van der Waals surface area contributed by atoms with Gasteiger partial charge < -0.3 is 4.74 Å². The van der Waals surface area contributed by atoms with E-state index in [2.05, 4.69) is 0 Å². The summed E-state index contributed by atoms with van der Waals surface area (Å²) in [6, 6.07) is 7.30. The summed E-state index contributed by atoms with van der Waals surface area (Å²) in [5, 5.41) is 0. The zero-order valence-corrected chi connectivity index (χ0v) is 11.5. The highest BCUT2D eigenvalue weighted by molar-refractivity contribution is 6.21. The molecule has 0 unspecified atom stereocenters. The number of benzene rings is 1. The van der Waals surface area contributed by atoms with Crippen molar-refractivity contribution in [2.45, 2.75) is 33.8 Å². The first-order chi connectivity index (χ1) is 7.88. The first-order valence-electron chi connectivity index (χ1n) is 5.75. The Morgan fingerprint density at radius 2 is 1.94 bits per heavy atom. The molecule has 0 radical (unpaired) electrons. The second-order valence-corrected chi connectivity index (χ2v) is 5.28. The summed E-state index contributed by atoms with van der Waals surface area (Å²) < 4.78 is 5.64. The molecule has 0 aliphatic rings. The van der Waals surface area contributed by atoms with Gasteiger partial charge in [-0.15, -0.1) is 11.6 Å². The highest BCUT2D eigenvalue weighted by Gasteiger charge is 2.29. The van der Waals surface area contributed by atoms with Gasteiger partial charge in [0.2, 0.25) is 0 Å². The fraction of sp³-hybridized carbons (Fsp3) is 0.500. The fourth-order valence-electron chi connectivity index (χ4n) is 1.44. The van der Waals surface area contributed by atoms with Crippen LogP contribution >= 0.6 is 11.6 Å². The number of carbonyl (C=O) groups excluding carboxylic acids is 1. The van der Waals surface area contributed by atoms with Crippen molar-refractivity contribution in [1.29, 1.82) is 0 Å². The van der Waals surface area contributed by atoms with Gasteiger partial charge in [0.05, 0.1) is 11.7 Å². The maximum absolute atomic E-state index is 12.3. The van der Waals surface area contributed by atoms with Crippen LogP contribution in [0.15, 0.2) is 24.3 Å². The minimum Gasteiger partial charge on any atom is -0.490 e. The number of alkyl halides is 1. The minimum atomic E-state index is -0.571. The third-order valence-corrected chi connectivity index (χ3v) is 3.11. The van der Waals surface area contributed by atoms with E-state index in [0.29, 0.717) is 17.2 Å². The van der Waals surface area contributed by atoms with Crippen molar-refractivity contribution in [2.75, 3.05) is 5.88 Å². The van der Waals surface area contributed by atoms with Crippen molar-refractivity contribution in [2.24, 2.45) is 5.41 Å². The van der Waals surface area contributed by atoms with Crippen LogP contribution in [-0.2, 0) is 0 Å². The zero-order valence-electron chi connectivity index (χ0n) is 10.8. The van der Waals surface area contributed by atoms with Crippen LogP contribution in [0.2, 0.25) is 0 Å². The van der Waals surface area contributed by atoms with Crippen molar-refractivity contribution >= 4 is 17.4 Å².